The maximum Gasteiger partial charge on any atom is 0.159 e. The van der Waals surface area contributed by atoms with E-state index >= 15 is 0 Å². The van der Waals surface area contributed by atoms with Gasteiger partial charge in [-0.1, -0.05) is 0 Å². The van der Waals surface area contributed by atoms with Crippen LogP contribution in [0.1, 0.15) is 51.4 Å². The lowest BCUT2D eigenvalue weighted by molar-refractivity contribution is -0.115. The summed E-state index contributed by atoms with van der Waals surface area (Å²) in [5.41, 5.74) is 0. The van der Waals surface area contributed by atoms with E-state index in [1.165, 1.54) is 12.2 Å². The zero-order valence-electron chi connectivity index (χ0n) is 14.2. The molecule has 1 rings (SSSR count). The Balaban J connectivity index is 2.44. The van der Waals surface area contributed by atoms with E-state index in [1.54, 1.807) is 0 Å². The number of aliphatic hydroxyl groups excluding tert-OH is 2. The molecule has 0 aliphatic carbocycles. The van der Waals surface area contributed by atoms with E-state index in [0.717, 1.165) is 0 Å². The zero-order valence-corrected chi connectivity index (χ0v) is 14.2. The Morgan fingerprint density at radius 3 is 1.33 bits per heavy atom. The van der Waals surface area contributed by atoms with Gasteiger partial charge in [-0.25, -0.2) is 0 Å². The number of carbonyl (C=O) groups excluding carboxylic acids is 2. The Labute approximate surface area is 143 Å². The van der Waals surface area contributed by atoms with E-state index in [-0.39, 0.29) is 23.1 Å². The second-order valence-electron chi connectivity index (χ2n) is 5.84. The standard InChI is InChI=1S/C18H28O6/c19-15-5-1-9-23-10-2-6-17(21)14-18(22)8-4-12-24-11-3-7-16(20)13-15/h13-14,19,21H,1-12H2. The van der Waals surface area contributed by atoms with Gasteiger partial charge in [-0.2, -0.15) is 0 Å². The average molecular weight is 340 g/mol. The highest BCUT2D eigenvalue weighted by molar-refractivity contribution is 5.90. The van der Waals surface area contributed by atoms with E-state index in [0.29, 0.717) is 77.8 Å². The SMILES string of the molecule is O=C1C=C(O)CCCOCCCC(O)=CC(=O)CCCOCCC1. The van der Waals surface area contributed by atoms with Gasteiger partial charge in [-0.05, 0) is 25.7 Å². The molecule has 136 valence electrons. The summed E-state index contributed by atoms with van der Waals surface area (Å²) >= 11 is 0. The molecule has 0 saturated carbocycles. The fourth-order valence-electron chi connectivity index (χ4n) is 2.27. The van der Waals surface area contributed by atoms with Gasteiger partial charge >= 0.3 is 0 Å². The predicted molar refractivity (Wildman–Crippen MR) is 90.0 cm³/mol. The number of rotatable bonds is 0. The number of ether oxygens (including phenoxy) is 2. The number of hydrogen-bond donors (Lipinski definition) is 2. The summed E-state index contributed by atoms with van der Waals surface area (Å²) in [6.07, 6.45) is 6.44. The molecule has 1 aliphatic rings. The molecule has 1 heterocycles. The van der Waals surface area contributed by atoms with Gasteiger partial charge in [0.2, 0.25) is 0 Å². The Morgan fingerprint density at radius 2 is 0.958 bits per heavy atom. The van der Waals surface area contributed by atoms with Crippen LogP contribution in [0.3, 0.4) is 0 Å². The molecule has 1 aliphatic heterocycles. The molecule has 0 amide bonds. The molecular weight excluding hydrogens is 312 g/mol. The third-order valence-corrected chi connectivity index (χ3v) is 3.52. The summed E-state index contributed by atoms with van der Waals surface area (Å²) in [5, 5.41) is 19.4. The number of aliphatic hydroxyl groups is 2. The van der Waals surface area contributed by atoms with E-state index in [1.807, 2.05) is 0 Å². The number of ketones is 2. The maximum absolute atomic E-state index is 11.6. The van der Waals surface area contributed by atoms with Gasteiger partial charge in [0.05, 0.1) is 11.5 Å². The molecule has 0 aromatic heterocycles. The third-order valence-electron chi connectivity index (χ3n) is 3.52. The fraction of sp³-hybridized carbons (Fsp3) is 0.667. The highest BCUT2D eigenvalue weighted by atomic mass is 16.5. The summed E-state index contributed by atoms with van der Waals surface area (Å²) in [4.78, 5) is 23.3. The van der Waals surface area contributed by atoms with Crippen molar-refractivity contribution in [3.63, 3.8) is 0 Å². The summed E-state index contributed by atoms with van der Waals surface area (Å²) < 4.78 is 10.8. The highest BCUT2D eigenvalue weighted by Crippen LogP contribution is 2.07. The van der Waals surface area contributed by atoms with Crippen LogP contribution in [0.15, 0.2) is 23.7 Å². The number of hydrogen-bond acceptors (Lipinski definition) is 6. The first-order chi connectivity index (χ1) is 11.6. The minimum atomic E-state index is -0.109. The molecule has 24 heavy (non-hydrogen) atoms. The maximum atomic E-state index is 11.6. The van der Waals surface area contributed by atoms with Crippen molar-refractivity contribution in [3.8, 4) is 0 Å². The van der Waals surface area contributed by atoms with Gasteiger partial charge in [-0.15, -0.1) is 0 Å². The van der Waals surface area contributed by atoms with Crippen molar-refractivity contribution in [2.24, 2.45) is 0 Å². The molecule has 0 aromatic rings. The molecule has 0 fully saturated rings. The van der Waals surface area contributed by atoms with Gasteiger partial charge in [0, 0.05) is 64.3 Å². The van der Waals surface area contributed by atoms with Crippen molar-refractivity contribution < 1.29 is 29.3 Å². The van der Waals surface area contributed by atoms with Crippen LogP contribution in [0.4, 0.5) is 0 Å². The van der Waals surface area contributed by atoms with Crippen molar-refractivity contribution in [2.75, 3.05) is 26.4 Å². The molecule has 0 saturated heterocycles. The van der Waals surface area contributed by atoms with Gasteiger partial charge in [-0.3, -0.25) is 9.59 Å². The minimum absolute atomic E-state index is 0.0815. The molecule has 6 nitrogen and oxygen atoms in total. The zero-order chi connectivity index (χ0) is 17.6. The van der Waals surface area contributed by atoms with E-state index in [9.17, 15) is 19.8 Å². The predicted octanol–water partition coefficient (Wildman–Crippen LogP) is 3.18. The summed E-state index contributed by atoms with van der Waals surface area (Å²) in [7, 11) is 0. The molecule has 2 N–H and O–H groups in total. The lowest BCUT2D eigenvalue weighted by atomic mass is 10.1. The fourth-order valence-corrected chi connectivity index (χ4v) is 2.27. The van der Waals surface area contributed by atoms with Crippen LogP contribution in [0.2, 0.25) is 0 Å². The normalized spacial score (nSPS) is 21.7. The second-order valence-corrected chi connectivity index (χ2v) is 5.84. The largest absolute Gasteiger partial charge is 0.512 e. The summed E-state index contributed by atoms with van der Waals surface area (Å²) in [6, 6.07) is 0. The van der Waals surface area contributed by atoms with Crippen LogP contribution in [0.25, 0.3) is 0 Å². The number of carbonyl (C=O) groups is 2. The van der Waals surface area contributed by atoms with Crippen molar-refractivity contribution in [2.45, 2.75) is 51.4 Å². The minimum Gasteiger partial charge on any atom is -0.512 e. The molecule has 0 radical (unpaired) electrons. The molecular formula is C18H28O6. The Hall–Kier alpha value is -1.66. The number of allylic oxidation sites excluding steroid dienone is 4. The molecule has 0 aromatic carbocycles. The lowest BCUT2D eigenvalue weighted by Crippen LogP contribution is -2.04. The van der Waals surface area contributed by atoms with Crippen LogP contribution < -0.4 is 0 Å². The van der Waals surface area contributed by atoms with E-state index in [4.69, 9.17) is 9.47 Å². The average Bonchev–Trinajstić information content (AvgIpc) is 2.52. The Morgan fingerprint density at radius 1 is 0.625 bits per heavy atom. The van der Waals surface area contributed by atoms with Crippen molar-refractivity contribution in [1.29, 1.82) is 0 Å². The van der Waals surface area contributed by atoms with Gasteiger partial charge in [0.15, 0.2) is 11.6 Å². The van der Waals surface area contributed by atoms with Gasteiger partial charge in [0.25, 0.3) is 0 Å². The molecule has 0 atom stereocenters. The molecule has 0 spiro atoms. The summed E-state index contributed by atoms with van der Waals surface area (Å²) in [6.45, 7) is 1.85. The first kappa shape index (κ1) is 20.4. The monoisotopic (exact) mass is 340 g/mol. The van der Waals surface area contributed by atoms with Crippen LogP contribution in [-0.2, 0) is 19.1 Å². The lowest BCUT2D eigenvalue weighted by Gasteiger charge is -2.06. The Kier molecular flexibility index (Phi) is 10.8. The first-order valence-corrected chi connectivity index (χ1v) is 8.58. The van der Waals surface area contributed by atoms with E-state index < -0.39 is 0 Å². The quantitative estimate of drug-likeness (QED) is 0.703. The molecule has 0 bridgehead atoms. The molecule has 6 heteroatoms. The van der Waals surface area contributed by atoms with E-state index in [2.05, 4.69) is 0 Å². The van der Waals surface area contributed by atoms with Gasteiger partial charge in [0.1, 0.15) is 0 Å². The second kappa shape index (κ2) is 12.7. The molecule has 0 unspecified atom stereocenters. The first-order valence-electron chi connectivity index (χ1n) is 8.58. The summed E-state index contributed by atoms with van der Waals surface area (Å²) in [5.74, 6) is -0.0551. The van der Waals surface area contributed by atoms with Crippen molar-refractivity contribution >= 4 is 11.6 Å². The van der Waals surface area contributed by atoms with Crippen LogP contribution in [-0.4, -0.2) is 48.2 Å². The highest BCUT2D eigenvalue weighted by Gasteiger charge is 2.04. The van der Waals surface area contributed by atoms with Crippen LogP contribution in [0.5, 0.6) is 0 Å². The smallest absolute Gasteiger partial charge is 0.159 e. The third kappa shape index (κ3) is 11.0. The Bertz CT molecular complexity index is 412. The van der Waals surface area contributed by atoms with Gasteiger partial charge < -0.3 is 19.7 Å². The van der Waals surface area contributed by atoms with Crippen molar-refractivity contribution in [1.82, 2.24) is 0 Å². The van der Waals surface area contributed by atoms with Crippen molar-refractivity contribution in [3.05, 3.63) is 23.7 Å². The topological polar surface area (TPSA) is 93.1 Å². The van der Waals surface area contributed by atoms with Crippen LogP contribution >= 0.6 is 0 Å². The van der Waals surface area contributed by atoms with Crippen LogP contribution in [0, 0.1) is 0 Å².